The maximum atomic E-state index is 5.49. The van der Waals surface area contributed by atoms with E-state index in [2.05, 4.69) is 32.7 Å². The fourth-order valence-electron chi connectivity index (χ4n) is 1.87. The van der Waals surface area contributed by atoms with E-state index < -0.39 is 0 Å². The minimum Gasteiger partial charge on any atom is -0.377 e. The number of likely N-dealkylation sites (N-methyl/N-ethyl adjacent to an activating group) is 1. The molecule has 7 nitrogen and oxygen atoms in total. The van der Waals surface area contributed by atoms with E-state index in [9.17, 15) is 0 Å². The highest BCUT2D eigenvalue weighted by Gasteiger charge is 2.26. The molecule has 0 aromatic carbocycles. The summed E-state index contributed by atoms with van der Waals surface area (Å²) in [5.41, 5.74) is 0. The van der Waals surface area contributed by atoms with Gasteiger partial charge in [-0.15, -0.1) is 0 Å². The molecule has 1 N–H and O–H groups in total. The average molecular weight is 226 g/mol. The Morgan fingerprint density at radius 2 is 2.44 bits per heavy atom. The minimum absolute atomic E-state index is 0.304. The quantitative estimate of drug-likeness (QED) is 0.712. The maximum absolute atomic E-state index is 5.49. The first kappa shape index (κ1) is 11.3. The smallest absolute Gasteiger partial charge is 0.245 e. The summed E-state index contributed by atoms with van der Waals surface area (Å²) in [6, 6.07) is 0.304. The van der Waals surface area contributed by atoms with Gasteiger partial charge in [-0.05, 0) is 17.0 Å². The van der Waals surface area contributed by atoms with Gasteiger partial charge in [0.25, 0.3) is 0 Å². The Kier molecular flexibility index (Phi) is 3.68. The summed E-state index contributed by atoms with van der Waals surface area (Å²) in [5, 5.41) is 14.9. The first-order valence-corrected chi connectivity index (χ1v) is 5.60. The lowest BCUT2D eigenvalue weighted by atomic mass is 10.2. The zero-order chi connectivity index (χ0) is 11.4. The molecule has 0 bridgehead atoms. The van der Waals surface area contributed by atoms with Crippen LogP contribution in [0.5, 0.6) is 0 Å². The van der Waals surface area contributed by atoms with Gasteiger partial charge < -0.3 is 15.0 Å². The highest BCUT2D eigenvalue weighted by Crippen LogP contribution is 2.14. The lowest BCUT2D eigenvalue weighted by molar-refractivity contribution is 0.0926. The van der Waals surface area contributed by atoms with E-state index in [0.717, 1.165) is 38.8 Å². The van der Waals surface area contributed by atoms with Crippen molar-refractivity contribution in [1.82, 2.24) is 25.5 Å². The highest BCUT2D eigenvalue weighted by atomic mass is 16.5. The number of tetrazole rings is 1. The van der Waals surface area contributed by atoms with E-state index in [0.29, 0.717) is 6.04 Å². The fraction of sp³-hybridized carbons (Fsp3) is 0.889. The van der Waals surface area contributed by atoms with Gasteiger partial charge in [-0.25, -0.2) is 4.68 Å². The summed E-state index contributed by atoms with van der Waals surface area (Å²) in [4.78, 5) is 2.20. The van der Waals surface area contributed by atoms with Gasteiger partial charge in [0.05, 0.1) is 19.3 Å². The zero-order valence-electron chi connectivity index (χ0n) is 9.76. The molecule has 2 rings (SSSR count). The Morgan fingerprint density at radius 3 is 3.12 bits per heavy atom. The van der Waals surface area contributed by atoms with Gasteiger partial charge in [0.2, 0.25) is 5.95 Å². The van der Waals surface area contributed by atoms with Crippen LogP contribution in [0.15, 0.2) is 0 Å². The number of hydrogen-bond donors (Lipinski definition) is 1. The second kappa shape index (κ2) is 5.22. The molecule has 16 heavy (non-hydrogen) atoms. The molecule has 2 heterocycles. The van der Waals surface area contributed by atoms with Crippen molar-refractivity contribution in [1.29, 1.82) is 0 Å². The number of aromatic nitrogens is 4. The summed E-state index contributed by atoms with van der Waals surface area (Å²) in [7, 11) is 1.86. The lowest BCUT2D eigenvalue weighted by Crippen LogP contribution is -2.51. The van der Waals surface area contributed by atoms with Crippen molar-refractivity contribution in [3.05, 3.63) is 0 Å². The van der Waals surface area contributed by atoms with Crippen molar-refractivity contribution >= 4 is 5.95 Å². The molecular weight excluding hydrogens is 208 g/mol. The van der Waals surface area contributed by atoms with Crippen molar-refractivity contribution in [2.45, 2.75) is 13.0 Å². The summed E-state index contributed by atoms with van der Waals surface area (Å²) in [5.74, 6) is 0.811. The summed E-state index contributed by atoms with van der Waals surface area (Å²) < 4.78 is 7.19. The van der Waals surface area contributed by atoms with Crippen molar-refractivity contribution < 1.29 is 4.74 Å². The monoisotopic (exact) mass is 226 g/mol. The van der Waals surface area contributed by atoms with Crippen molar-refractivity contribution in [2.24, 2.45) is 7.05 Å². The molecule has 1 fully saturated rings. The number of rotatable bonds is 4. The third-order valence-corrected chi connectivity index (χ3v) is 2.71. The van der Waals surface area contributed by atoms with Crippen LogP contribution in [-0.4, -0.2) is 59.1 Å². The zero-order valence-corrected chi connectivity index (χ0v) is 9.76. The van der Waals surface area contributed by atoms with Gasteiger partial charge in [-0.2, -0.15) is 0 Å². The highest BCUT2D eigenvalue weighted by molar-refractivity contribution is 5.30. The molecule has 0 radical (unpaired) electrons. The molecule has 0 spiro atoms. The van der Waals surface area contributed by atoms with Crippen LogP contribution < -0.4 is 10.2 Å². The lowest BCUT2D eigenvalue weighted by Gasteiger charge is -2.35. The second-order valence-corrected chi connectivity index (χ2v) is 3.83. The number of ether oxygens (including phenoxy) is 1. The van der Waals surface area contributed by atoms with Crippen molar-refractivity contribution in [3.63, 3.8) is 0 Å². The number of hydrogen-bond acceptors (Lipinski definition) is 6. The molecule has 0 amide bonds. The van der Waals surface area contributed by atoms with Crippen LogP contribution in [0.2, 0.25) is 0 Å². The molecule has 1 saturated heterocycles. The van der Waals surface area contributed by atoms with E-state index in [1.54, 1.807) is 4.68 Å². The Labute approximate surface area is 94.8 Å². The van der Waals surface area contributed by atoms with E-state index in [1.807, 2.05) is 7.05 Å². The predicted molar refractivity (Wildman–Crippen MR) is 59.3 cm³/mol. The largest absolute Gasteiger partial charge is 0.377 e. The maximum Gasteiger partial charge on any atom is 0.245 e. The number of nitrogens with zero attached hydrogens (tertiary/aromatic N) is 5. The van der Waals surface area contributed by atoms with Gasteiger partial charge in [0.15, 0.2) is 0 Å². The summed E-state index contributed by atoms with van der Waals surface area (Å²) >= 11 is 0. The molecule has 90 valence electrons. The first-order valence-electron chi connectivity index (χ1n) is 5.60. The van der Waals surface area contributed by atoms with Crippen LogP contribution in [0.3, 0.4) is 0 Å². The van der Waals surface area contributed by atoms with Gasteiger partial charge in [-0.1, -0.05) is 12.0 Å². The summed E-state index contributed by atoms with van der Waals surface area (Å²) in [6.45, 7) is 6.24. The molecule has 7 heteroatoms. The van der Waals surface area contributed by atoms with Gasteiger partial charge in [-0.3, -0.25) is 0 Å². The van der Waals surface area contributed by atoms with Crippen LogP contribution in [0.4, 0.5) is 5.95 Å². The van der Waals surface area contributed by atoms with Crippen LogP contribution >= 0.6 is 0 Å². The molecule has 0 saturated carbocycles. The van der Waals surface area contributed by atoms with E-state index in [1.165, 1.54) is 0 Å². The second-order valence-electron chi connectivity index (χ2n) is 3.83. The SMILES string of the molecule is CCNCC1COCCN1c1nnnn1C. The first-order chi connectivity index (χ1) is 7.83. The van der Waals surface area contributed by atoms with E-state index >= 15 is 0 Å². The van der Waals surface area contributed by atoms with Crippen LogP contribution in [0, 0.1) is 0 Å². The average Bonchev–Trinajstić information content (AvgIpc) is 2.73. The minimum atomic E-state index is 0.304. The normalized spacial score (nSPS) is 21.4. The third-order valence-electron chi connectivity index (χ3n) is 2.71. The predicted octanol–water partition coefficient (Wildman–Crippen LogP) is -0.975. The Bertz CT molecular complexity index is 328. The molecule has 1 aliphatic rings. The topological polar surface area (TPSA) is 68.1 Å². The van der Waals surface area contributed by atoms with Crippen LogP contribution in [-0.2, 0) is 11.8 Å². The number of anilines is 1. The Morgan fingerprint density at radius 1 is 1.56 bits per heavy atom. The van der Waals surface area contributed by atoms with Crippen LogP contribution in [0.25, 0.3) is 0 Å². The summed E-state index contributed by atoms with van der Waals surface area (Å²) in [6.07, 6.45) is 0. The van der Waals surface area contributed by atoms with E-state index in [-0.39, 0.29) is 0 Å². The standard InChI is InChI=1S/C9H18N6O/c1-3-10-6-8-7-16-5-4-15(8)9-11-12-13-14(9)2/h8,10H,3-7H2,1-2H3. The Hall–Kier alpha value is -1.21. The molecule has 1 aromatic rings. The van der Waals surface area contributed by atoms with Crippen molar-refractivity contribution in [2.75, 3.05) is 37.7 Å². The number of nitrogens with one attached hydrogen (secondary N) is 1. The molecule has 1 aliphatic heterocycles. The molecule has 1 aromatic heterocycles. The van der Waals surface area contributed by atoms with Gasteiger partial charge in [0.1, 0.15) is 0 Å². The molecular formula is C9H18N6O. The van der Waals surface area contributed by atoms with Gasteiger partial charge in [0, 0.05) is 20.1 Å². The Balaban J connectivity index is 2.07. The fourth-order valence-corrected chi connectivity index (χ4v) is 1.87. The molecule has 0 aliphatic carbocycles. The molecule has 1 unspecified atom stereocenters. The van der Waals surface area contributed by atoms with Gasteiger partial charge >= 0.3 is 0 Å². The number of aryl methyl sites for hydroxylation is 1. The molecule has 1 atom stereocenters. The third kappa shape index (κ3) is 2.30. The number of morpholine rings is 1. The van der Waals surface area contributed by atoms with E-state index in [4.69, 9.17) is 4.74 Å². The van der Waals surface area contributed by atoms with Crippen molar-refractivity contribution in [3.8, 4) is 0 Å². The van der Waals surface area contributed by atoms with Crippen LogP contribution in [0.1, 0.15) is 6.92 Å².